The van der Waals surface area contributed by atoms with Crippen LogP contribution in [0.4, 0.5) is 0 Å². The molecule has 1 aromatic carbocycles. The molecule has 0 aliphatic carbocycles. The quantitative estimate of drug-likeness (QED) is 0.856. The van der Waals surface area contributed by atoms with Crippen molar-refractivity contribution in [1.82, 2.24) is 15.0 Å². The maximum absolute atomic E-state index is 12.2. The third-order valence-corrected chi connectivity index (χ3v) is 2.91. The van der Waals surface area contributed by atoms with Gasteiger partial charge in [0.15, 0.2) is 0 Å². The number of hydrogen-bond donors (Lipinski definition) is 1. The zero-order valence-corrected chi connectivity index (χ0v) is 9.84. The predicted molar refractivity (Wildman–Crippen MR) is 66.8 cm³/mol. The molecule has 2 N–H and O–H groups in total. The molecule has 0 aliphatic heterocycles. The van der Waals surface area contributed by atoms with Crippen molar-refractivity contribution < 1.29 is 0 Å². The molecule has 1 unspecified atom stereocenters. The van der Waals surface area contributed by atoms with Crippen molar-refractivity contribution in [1.29, 1.82) is 0 Å². The molecule has 0 bridgehead atoms. The summed E-state index contributed by atoms with van der Waals surface area (Å²) in [7, 11) is 0. The molecule has 1 heterocycles. The monoisotopic (exact) mass is 232 g/mol. The summed E-state index contributed by atoms with van der Waals surface area (Å²) in [5, 5.41) is 8.67. The Morgan fingerprint density at radius 2 is 2.18 bits per heavy atom. The normalized spacial score (nSPS) is 12.8. The first-order valence-corrected chi connectivity index (χ1v) is 5.82. The van der Waals surface area contributed by atoms with Gasteiger partial charge in [0.1, 0.15) is 5.52 Å². The van der Waals surface area contributed by atoms with Crippen molar-refractivity contribution >= 4 is 10.9 Å². The third kappa shape index (κ3) is 2.19. The van der Waals surface area contributed by atoms with Crippen molar-refractivity contribution in [3.8, 4) is 0 Å². The fourth-order valence-electron chi connectivity index (χ4n) is 1.93. The standard InChI is InChI=1S/C12H16N4O/c1-2-9(7-8-13)16-12(17)10-5-3-4-6-11(10)14-15-16/h3-6,9H,2,7-8,13H2,1H3. The van der Waals surface area contributed by atoms with Crippen LogP contribution in [0, 0.1) is 0 Å². The van der Waals surface area contributed by atoms with E-state index in [-0.39, 0.29) is 11.6 Å². The van der Waals surface area contributed by atoms with E-state index in [1.165, 1.54) is 4.68 Å². The summed E-state index contributed by atoms with van der Waals surface area (Å²) in [6.07, 6.45) is 1.56. The Labute approximate surface area is 99.2 Å². The maximum atomic E-state index is 12.2. The first-order chi connectivity index (χ1) is 8.27. The summed E-state index contributed by atoms with van der Waals surface area (Å²) in [6, 6.07) is 7.28. The highest BCUT2D eigenvalue weighted by Crippen LogP contribution is 2.12. The van der Waals surface area contributed by atoms with Crippen LogP contribution in [-0.4, -0.2) is 21.5 Å². The van der Waals surface area contributed by atoms with Crippen LogP contribution in [0.2, 0.25) is 0 Å². The van der Waals surface area contributed by atoms with Crippen LogP contribution in [0.25, 0.3) is 10.9 Å². The van der Waals surface area contributed by atoms with Gasteiger partial charge in [0, 0.05) is 0 Å². The van der Waals surface area contributed by atoms with Gasteiger partial charge in [-0.1, -0.05) is 24.3 Å². The molecule has 0 spiro atoms. The Bertz CT molecular complexity index is 564. The van der Waals surface area contributed by atoms with E-state index in [2.05, 4.69) is 10.3 Å². The lowest BCUT2D eigenvalue weighted by Gasteiger charge is -2.15. The Kier molecular flexibility index (Phi) is 3.49. The van der Waals surface area contributed by atoms with Gasteiger partial charge < -0.3 is 5.73 Å². The number of aromatic nitrogens is 3. The minimum Gasteiger partial charge on any atom is -0.330 e. The lowest BCUT2D eigenvalue weighted by atomic mass is 10.1. The third-order valence-electron chi connectivity index (χ3n) is 2.91. The first kappa shape index (κ1) is 11.7. The molecular weight excluding hydrogens is 216 g/mol. The summed E-state index contributed by atoms with van der Waals surface area (Å²) in [5.74, 6) is 0. The molecule has 0 aliphatic rings. The molecule has 0 saturated carbocycles. The van der Waals surface area contributed by atoms with E-state index in [4.69, 9.17) is 5.73 Å². The molecule has 0 saturated heterocycles. The average molecular weight is 232 g/mol. The Balaban J connectivity index is 2.55. The zero-order chi connectivity index (χ0) is 12.3. The van der Waals surface area contributed by atoms with Crippen LogP contribution in [0.15, 0.2) is 29.1 Å². The summed E-state index contributed by atoms with van der Waals surface area (Å²) in [5.41, 5.74) is 6.09. The molecule has 0 amide bonds. The second-order valence-corrected chi connectivity index (χ2v) is 4.00. The molecule has 2 aromatic rings. The van der Waals surface area contributed by atoms with Gasteiger partial charge in [0.05, 0.1) is 11.4 Å². The van der Waals surface area contributed by atoms with E-state index < -0.39 is 0 Å². The van der Waals surface area contributed by atoms with E-state index in [1.807, 2.05) is 19.1 Å². The van der Waals surface area contributed by atoms with Gasteiger partial charge in [-0.15, -0.1) is 5.10 Å². The van der Waals surface area contributed by atoms with Gasteiger partial charge in [-0.05, 0) is 31.5 Å². The molecule has 2 rings (SSSR count). The van der Waals surface area contributed by atoms with E-state index in [1.54, 1.807) is 12.1 Å². The smallest absolute Gasteiger partial charge is 0.277 e. The van der Waals surface area contributed by atoms with Crippen molar-refractivity contribution in [3.05, 3.63) is 34.6 Å². The zero-order valence-electron chi connectivity index (χ0n) is 9.84. The number of hydrogen-bond acceptors (Lipinski definition) is 4. The van der Waals surface area contributed by atoms with Crippen LogP contribution in [0.5, 0.6) is 0 Å². The lowest BCUT2D eigenvalue weighted by molar-refractivity contribution is 0.388. The number of benzene rings is 1. The van der Waals surface area contributed by atoms with Crippen LogP contribution in [-0.2, 0) is 0 Å². The SMILES string of the molecule is CCC(CCN)n1nnc2ccccc2c1=O. The van der Waals surface area contributed by atoms with E-state index in [9.17, 15) is 4.79 Å². The van der Waals surface area contributed by atoms with E-state index in [0.717, 1.165) is 12.8 Å². The lowest BCUT2D eigenvalue weighted by Crippen LogP contribution is -2.29. The number of fused-ring (bicyclic) bond motifs is 1. The Hall–Kier alpha value is -1.75. The van der Waals surface area contributed by atoms with Crippen molar-refractivity contribution in [2.75, 3.05) is 6.54 Å². The fourth-order valence-corrected chi connectivity index (χ4v) is 1.93. The van der Waals surface area contributed by atoms with Crippen LogP contribution < -0.4 is 11.3 Å². The van der Waals surface area contributed by atoms with Gasteiger partial charge in [0.25, 0.3) is 5.56 Å². The van der Waals surface area contributed by atoms with Crippen molar-refractivity contribution in [2.45, 2.75) is 25.8 Å². The van der Waals surface area contributed by atoms with Crippen molar-refractivity contribution in [2.24, 2.45) is 5.73 Å². The maximum Gasteiger partial charge on any atom is 0.277 e. The van der Waals surface area contributed by atoms with Gasteiger partial charge in [-0.2, -0.15) is 0 Å². The van der Waals surface area contributed by atoms with Gasteiger partial charge in [-0.3, -0.25) is 4.79 Å². The van der Waals surface area contributed by atoms with Crippen LogP contribution in [0.1, 0.15) is 25.8 Å². The average Bonchev–Trinajstić information content (AvgIpc) is 2.37. The number of rotatable bonds is 4. The molecule has 0 fully saturated rings. The molecule has 1 aromatic heterocycles. The van der Waals surface area contributed by atoms with E-state index in [0.29, 0.717) is 17.4 Å². The summed E-state index contributed by atoms with van der Waals surface area (Å²) >= 11 is 0. The second kappa shape index (κ2) is 5.05. The molecule has 90 valence electrons. The minimum absolute atomic E-state index is 0.0320. The first-order valence-electron chi connectivity index (χ1n) is 5.82. The Morgan fingerprint density at radius 1 is 1.41 bits per heavy atom. The minimum atomic E-state index is -0.0871. The molecule has 17 heavy (non-hydrogen) atoms. The topological polar surface area (TPSA) is 73.8 Å². The van der Waals surface area contributed by atoms with Gasteiger partial charge >= 0.3 is 0 Å². The molecule has 0 radical (unpaired) electrons. The summed E-state index contributed by atoms with van der Waals surface area (Å²) in [4.78, 5) is 12.2. The van der Waals surface area contributed by atoms with Crippen LogP contribution in [0.3, 0.4) is 0 Å². The van der Waals surface area contributed by atoms with Crippen molar-refractivity contribution in [3.63, 3.8) is 0 Å². The largest absolute Gasteiger partial charge is 0.330 e. The fraction of sp³-hybridized carbons (Fsp3) is 0.417. The number of nitrogens with zero attached hydrogens (tertiary/aromatic N) is 3. The molecular formula is C12H16N4O. The summed E-state index contributed by atoms with van der Waals surface area (Å²) < 4.78 is 1.45. The Morgan fingerprint density at radius 3 is 2.88 bits per heavy atom. The molecule has 1 atom stereocenters. The second-order valence-electron chi connectivity index (χ2n) is 4.00. The van der Waals surface area contributed by atoms with Crippen LogP contribution >= 0.6 is 0 Å². The highest BCUT2D eigenvalue weighted by atomic mass is 16.1. The van der Waals surface area contributed by atoms with Gasteiger partial charge in [-0.25, -0.2) is 4.68 Å². The molecule has 5 nitrogen and oxygen atoms in total. The van der Waals surface area contributed by atoms with Gasteiger partial charge in [0.2, 0.25) is 0 Å². The predicted octanol–water partition coefficient (Wildman–Crippen LogP) is 1.09. The summed E-state index contributed by atoms with van der Waals surface area (Å²) in [6.45, 7) is 2.56. The molecule has 5 heteroatoms. The van der Waals surface area contributed by atoms with E-state index >= 15 is 0 Å². The number of nitrogens with two attached hydrogens (primary N) is 1. The highest BCUT2D eigenvalue weighted by Gasteiger charge is 2.13. The highest BCUT2D eigenvalue weighted by molar-refractivity contribution is 5.76.